The number of aryl methyl sites for hydroxylation is 1. The zero-order valence-electron chi connectivity index (χ0n) is 11.3. The Morgan fingerprint density at radius 2 is 1.79 bits per heavy atom. The number of rotatable bonds is 5. The van der Waals surface area contributed by atoms with Crippen molar-refractivity contribution in [2.45, 2.75) is 20.0 Å². The lowest BCUT2D eigenvalue weighted by Gasteiger charge is -2.06. The van der Waals surface area contributed by atoms with E-state index in [1.54, 1.807) is 25.6 Å². The van der Waals surface area contributed by atoms with Gasteiger partial charge in [-0.05, 0) is 18.6 Å². The van der Waals surface area contributed by atoms with E-state index in [4.69, 9.17) is 9.47 Å². The largest absolute Gasteiger partial charge is 0.497 e. The molecule has 1 aromatic carbocycles. The number of ether oxygens (including phenoxy) is 2. The number of benzene rings is 1. The van der Waals surface area contributed by atoms with Gasteiger partial charge in [0.2, 0.25) is 0 Å². The minimum atomic E-state index is -0.0270. The van der Waals surface area contributed by atoms with E-state index in [0.717, 1.165) is 39.1 Å². The Morgan fingerprint density at radius 3 is 2.21 bits per heavy atom. The lowest BCUT2D eigenvalue weighted by Crippen LogP contribution is -1.90. The van der Waals surface area contributed by atoms with E-state index in [-0.39, 0.29) is 6.61 Å². The van der Waals surface area contributed by atoms with Gasteiger partial charge in [-0.15, -0.1) is 11.3 Å². The van der Waals surface area contributed by atoms with Gasteiger partial charge in [0.25, 0.3) is 0 Å². The van der Waals surface area contributed by atoms with Crippen molar-refractivity contribution in [1.29, 1.82) is 0 Å². The fourth-order valence-electron chi connectivity index (χ4n) is 1.84. The smallest absolute Gasteiger partial charge is 0.124 e. The fourth-order valence-corrected chi connectivity index (χ4v) is 2.83. The van der Waals surface area contributed by atoms with Gasteiger partial charge in [0.05, 0.1) is 26.5 Å². The van der Waals surface area contributed by atoms with E-state index < -0.39 is 0 Å². The highest BCUT2D eigenvalue weighted by Crippen LogP contribution is 2.33. The molecule has 1 aromatic heterocycles. The third-order valence-electron chi connectivity index (χ3n) is 2.85. The van der Waals surface area contributed by atoms with E-state index in [2.05, 4.69) is 11.9 Å². The summed E-state index contributed by atoms with van der Waals surface area (Å²) in [5, 5.41) is 10.2. The van der Waals surface area contributed by atoms with Crippen molar-refractivity contribution in [3.63, 3.8) is 0 Å². The molecule has 5 heteroatoms. The topological polar surface area (TPSA) is 51.6 Å². The first kappa shape index (κ1) is 13.8. The summed E-state index contributed by atoms with van der Waals surface area (Å²) in [6.07, 6.45) is 0.870. The zero-order valence-corrected chi connectivity index (χ0v) is 12.1. The van der Waals surface area contributed by atoms with Gasteiger partial charge in [-0.3, -0.25) is 0 Å². The van der Waals surface area contributed by atoms with Crippen LogP contribution >= 0.6 is 11.3 Å². The maximum absolute atomic E-state index is 9.31. The zero-order chi connectivity index (χ0) is 13.8. The normalized spacial score (nSPS) is 10.5. The summed E-state index contributed by atoms with van der Waals surface area (Å²) >= 11 is 1.59. The molecule has 19 heavy (non-hydrogen) atoms. The van der Waals surface area contributed by atoms with Crippen LogP contribution in [0, 0.1) is 0 Å². The SMILES string of the molecule is CCc1sc(-c2cc(OC)cc(OC)c2)nc1CO. The second-order valence-corrected chi connectivity index (χ2v) is 5.09. The van der Waals surface area contributed by atoms with Gasteiger partial charge in [0.1, 0.15) is 16.5 Å². The number of methoxy groups -OCH3 is 2. The molecule has 1 N–H and O–H groups in total. The van der Waals surface area contributed by atoms with Gasteiger partial charge in [-0.1, -0.05) is 6.92 Å². The van der Waals surface area contributed by atoms with E-state index >= 15 is 0 Å². The van der Waals surface area contributed by atoms with Crippen LogP contribution < -0.4 is 9.47 Å². The summed E-state index contributed by atoms with van der Waals surface area (Å²) in [6, 6.07) is 5.66. The third kappa shape index (κ3) is 2.88. The Morgan fingerprint density at radius 1 is 1.16 bits per heavy atom. The number of aliphatic hydroxyl groups is 1. The second kappa shape index (κ2) is 6.04. The molecule has 0 bridgehead atoms. The van der Waals surface area contributed by atoms with Gasteiger partial charge < -0.3 is 14.6 Å². The first-order valence-corrected chi connectivity index (χ1v) is 6.86. The number of aromatic nitrogens is 1. The van der Waals surface area contributed by atoms with Crippen molar-refractivity contribution < 1.29 is 14.6 Å². The molecule has 0 fully saturated rings. The Hall–Kier alpha value is -1.59. The molecule has 0 atom stereocenters. The van der Waals surface area contributed by atoms with Gasteiger partial charge in [-0.2, -0.15) is 0 Å². The van der Waals surface area contributed by atoms with E-state index in [1.165, 1.54) is 0 Å². The molecule has 0 unspecified atom stereocenters. The maximum Gasteiger partial charge on any atom is 0.124 e. The van der Waals surface area contributed by atoms with Gasteiger partial charge in [-0.25, -0.2) is 4.98 Å². The van der Waals surface area contributed by atoms with Crippen LogP contribution in [-0.2, 0) is 13.0 Å². The maximum atomic E-state index is 9.31. The van der Waals surface area contributed by atoms with E-state index in [0.29, 0.717) is 0 Å². The predicted molar refractivity (Wildman–Crippen MR) is 76.0 cm³/mol. The molecule has 0 radical (unpaired) electrons. The summed E-state index contributed by atoms with van der Waals surface area (Å²) < 4.78 is 10.5. The van der Waals surface area contributed by atoms with Crippen LogP contribution in [-0.4, -0.2) is 24.3 Å². The minimum Gasteiger partial charge on any atom is -0.497 e. The second-order valence-electron chi connectivity index (χ2n) is 4.00. The molecular weight excluding hydrogens is 262 g/mol. The van der Waals surface area contributed by atoms with Crippen molar-refractivity contribution in [3.8, 4) is 22.1 Å². The standard InChI is InChI=1S/C14H17NO3S/c1-4-13-12(8-16)15-14(19-13)9-5-10(17-2)7-11(6-9)18-3/h5-7,16H,4,8H2,1-3H3. The quantitative estimate of drug-likeness (QED) is 0.914. The predicted octanol–water partition coefficient (Wildman–Crippen LogP) is 2.88. The highest BCUT2D eigenvalue weighted by molar-refractivity contribution is 7.15. The Bertz CT molecular complexity index is 522. The lowest BCUT2D eigenvalue weighted by molar-refractivity contribution is 0.276. The van der Waals surface area contributed by atoms with E-state index in [9.17, 15) is 5.11 Å². The molecular formula is C14H17NO3S. The molecule has 0 spiro atoms. The molecule has 0 amide bonds. The molecule has 0 aliphatic carbocycles. The lowest BCUT2D eigenvalue weighted by atomic mass is 10.2. The summed E-state index contributed by atoms with van der Waals surface area (Å²) in [4.78, 5) is 5.59. The molecule has 0 aliphatic rings. The van der Waals surface area contributed by atoms with Crippen molar-refractivity contribution in [2.75, 3.05) is 14.2 Å². The summed E-state index contributed by atoms with van der Waals surface area (Å²) in [7, 11) is 3.24. The highest BCUT2D eigenvalue weighted by Gasteiger charge is 2.12. The number of aliphatic hydroxyl groups excluding tert-OH is 1. The Kier molecular flexibility index (Phi) is 4.39. The first-order valence-electron chi connectivity index (χ1n) is 6.04. The summed E-state index contributed by atoms with van der Waals surface area (Å²) in [5.41, 5.74) is 1.69. The number of hydrogen-bond donors (Lipinski definition) is 1. The molecule has 2 rings (SSSR count). The molecule has 2 aromatic rings. The molecule has 0 saturated heterocycles. The van der Waals surface area contributed by atoms with Crippen molar-refractivity contribution in [1.82, 2.24) is 4.98 Å². The van der Waals surface area contributed by atoms with Gasteiger partial charge >= 0.3 is 0 Å². The molecule has 102 valence electrons. The Labute approximate surface area is 116 Å². The van der Waals surface area contributed by atoms with Crippen LogP contribution in [0.25, 0.3) is 10.6 Å². The fraction of sp³-hybridized carbons (Fsp3) is 0.357. The number of nitrogens with zero attached hydrogens (tertiary/aromatic N) is 1. The van der Waals surface area contributed by atoms with Crippen LogP contribution in [0.15, 0.2) is 18.2 Å². The number of thiazole rings is 1. The summed E-state index contributed by atoms with van der Waals surface area (Å²) in [5.74, 6) is 1.46. The van der Waals surface area contributed by atoms with Crippen molar-refractivity contribution in [2.24, 2.45) is 0 Å². The Balaban J connectivity index is 2.48. The van der Waals surface area contributed by atoms with Crippen LogP contribution in [0.4, 0.5) is 0 Å². The molecule has 4 nitrogen and oxygen atoms in total. The molecule has 1 heterocycles. The van der Waals surface area contributed by atoms with Crippen LogP contribution in [0.2, 0.25) is 0 Å². The van der Waals surface area contributed by atoms with E-state index in [1.807, 2.05) is 18.2 Å². The third-order valence-corrected chi connectivity index (χ3v) is 4.14. The van der Waals surface area contributed by atoms with Crippen LogP contribution in [0.1, 0.15) is 17.5 Å². The van der Waals surface area contributed by atoms with Crippen LogP contribution in [0.5, 0.6) is 11.5 Å². The van der Waals surface area contributed by atoms with Gasteiger partial charge in [0.15, 0.2) is 0 Å². The molecule has 0 aliphatic heterocycles. The van der Waals surface area contributed by atoms with Gasteiger partial charge in [0, 0.05) is 16.5 Å². The number of hydrogen-bond acceptors (Lipinski definition) is 5. The van der Waals surface area contributed by atoms with Crippen LogP contribution in [0.3, 0.4) is 0 Å². The minimum absolute atomic E-state index is 0.0270. The average Bonchev–Trinajstić information content (AvgIpc) is 2.89. The average molecular weight is 279 g/mol. The van der Waals surface area contributed by atoms with Crippen molar-refractivity contribution in [3.05, 3.63) is 28.8 Å². The van der Waals surface area contributed by atoms with Crippen molar-refractivity contribution >= 4 is 11.3 Å². The monoisotopic (exact) mass is 279 g/mol. The summed E-state index contributed by atoms with van der Waals surface area (Å²) in [6.45, 7) is 2.03. The first-order chi connectivity index (χ1) is 9.21. The molecule has 0 saturated carbocycles. The highest BCUT2D eigenvalue weighted by atomic mass is 32.1.